The molecule has 2 N–H and O–H groups in total. The minimum absolute atomic E-state index is 0.270. The lowest BCUT2D eigenvalue weighted by Crippen LogP contribution is -2.33. The first-order chi connectivity index (χ1) is 8.84. The molecule has 0 aromatic carbocycles. The lowest BCUT2D eigenvalue weighted by Gasteiger charge is -2.23. The molecule has 3 nitrogen and oxygen atoms in total. The number of carbonyl (C=O) groups excluding carboxylic acids is 1. The topological polar surface area (TPSA) is 41.1 Å². The Balaban J connectivity index is 1.54. The van der Waals surface area contributed by atoms with Crippen molar-refractivity contribution in [2.75, 3.05) is 19.6 Å². The third-order valence-electron chi connectivity index (χ3n) is 4.49. The van der Waals surface area contributed by atoms with E-state index in [-0.39, 0.29) is 5.91 Å². The molecule has 2 aliphatic rings. The molecule has 2 rings (SSSR count). The molecule has 0 radical (unpaired) electrons. The minimum Gasteiger partial charge on any atom is -0.356 e. The van der Waals surface area contributed by atoms with Gasteiger partial charge < -0.3 is 10.6 Å². The van der Waals surface area contributed by atoms with E-state index >= 15 is 0 Å². The zero-order valence-corrected chi connectivity index (χ0v) is 11.5. The molecule has 1 heterocycles. The second-order valence-electron chi connectivity index (χ2n) is 6.06. The van der Waals surface area contributed by atoms with Crippen molar-refractivity contribution in [2.45, 2.75) is 57.8 Å². The highest BCUT2D eigenvalue weighted by Gasteiger charge is 2.16. The first kappa shape index (κ1) is 13.9. The highest BCUT2D eigenvalue weighted by molar-refractivity contribution is 5.75. The number of rotatable bonds is 5. The summed E-state index contributed by atoms with van der Waals surface area (Å²) in [6.07, 6.45) is 11.1. The molecule has 18 heavy (non-hydrogen) atoms. The largest absolute Gasteiger partial charge is 0.356 e. The fourth-order valence-corrected chi connectivity index (χ4v) is 3.24. The Morgan fingerprint density at radius 2 is 1.83 bits per heavy atom. The summed E-state index contributed by atoms with van der Waals surface area (Å²) in [5.41, 5.74) is 0. The second kappa shape index (κ2) is 7.78. The van der Waals surface area contributed by atoms with Crippen LogP contribution in [0.25, 0.3) is 0 Å². The highest BCUT2D eigenvalue weighted by Crippen LogP contribution is 2.22. The van der Waals surface area contributed by atoms with Gasteiger partial charge in [0.1, 0.15) is 0 Å². The van der Waals surface area contributed by atoms with E-state index in [0.717, 1.165) is 44.3 Å². The molecule has 0 aromatic rings. The molecular weight excluding hydrogens is 224 g/mol. The summed E-state index contributed by atoms with van der Waals surface area (Å²) in [4.78, 5) is 11.8. The standard InChI is InChI=1S/C15H28N2O/c18-15(9-8-14-7-4-10-16-11-14)17-12-13-5-2-1-3-6-13/h13-14,16H,1-12H2,(H,17,18). The van der Waals surface area contributed by atoms with E-state index in [4.69, 9.17) is 0 Å². The predicted octanol–water partition coefficient (Wildman–Crippen LogP) is 2.46. The average molecular weight is 252 g/mol. The van der Waals surface area contributed by atoms with Crippen LogP contribution in [0.4, 0.5) is 0 Å². The number of piperidine rings is 1. The van der Waals surface area contributed by atoms with Crippen LogP contribution < -0.4 is 10.6 Å². The first-order valence-corrected chi connectivity index (χ1v) is 7.82. The van der Waals surface area contributed by atoms with Gasteiger partial charge in [0.2, 0.25) is 5.91 Å². The molecule has 1 aliphatic carbocycles. The van der Waals surface area contributed by atoms with Crippen molar-refractivity contribution in [3.63, 3.8) is 0 Å². The van der Waals surface area contributed by atoms with Crippen molar-refractivity contribution < 1.29 is 4.79 Å². The van der Waals surface area contributed by atoms with Gasteiger partial charge in [0.15, 0.2) is 0 Å². The zero-order valence-electron chi connectivity index (χ0n) is 11.5. The monoisotopic (exact) mass is 252 g/mol. The van der Waals surface area contributed by atoms with Gasteiger partial charge >= 0.3 is 0 Å². The van der Waals surface area contributed by atoms with Crippen LogP contribution in [0, 0.1) is 11.8 Å². The average Bonchev–Trinajstić information content (AvgIpc) is 2.45. The van der Waals surface area contributed by atoms with Crippen LogP contribution >= 0.6 is 0 Å². The van der Waals surface area contributed by atoms with E-state index in [9.17, 15) is 4.79 Å². The van der Waals surface area contributed by atoms with Gasteiger partial charge in [-0.25, -0.2) is 0 Å². The van der Waals surface area contributed by atoms with Gasteiger partial charge in [-0.05, 0) is 57.0 Å². The molecule has 0 spiro atoms. The molecule has 1 unspecified atom stereocenters. The first-order valence-electron chi connectivity index (χ1n) is 7.82. The Labute approximate surface area is 111 Å². The summed E-state index contributed by atoms with van der Waals surface area (Å²) >= 11 is 0. The Hall–Kier alpha value is -0.570. The molecule has 1 amide bonds. The van der Waals surface area contributed by atoms with Crippen molar-refractivity contribution in [3.8, 4) is 0 Å². The third kappa shape index (κ3) is 4.97. The summed E-state index contributed by atoms with van der Waals surface area (Å²) in [7, 11) is 0. The number of amides is 1. The minimum atomic E-state index is 0.270. The number of hydrogen-bond donors (Lipinski definition) is 2. The zero-order chi connectivity index (χ0) is 12.6. The van der Waals surface area contributed by atoms with Crippen LogP contribution in [0.2, 0.25) is 0 Å². The number of hydrogen-bond acceptors (Lipinski definition) is 2. The maximum atomic E-state index is 11.8. The van der Waals surface area contributed by atoms with Crippen LogP contribution in [0.5, 0.6) is 0 Å². The molecule has 3 heteroatoms. The molecule has 2 fully saturated rings. The van der Waals surface area contributed by atoms with E-state index < -0.39 is 0 Å². The summed E-state index contributed by atoms with van der Waals surface area (Å²) in [5.74, 6) is 1.74. The van der Waals surface area contributed by atoms with Gasteiger partial charge in [-0.3, -0.25) is 4.79 Å². The van der Waals surface area contributed by atoms with Crippen molar-refractivity contribution in [1.82, 2.24) is 10.6 Å². The summed E-state index contributed by atoms with van der Waals surface area (Å²) < 4.78 is 0. The van der Waals surface area contributed by atoms with Crippen LogP contribution in [0.1, 0.15) is 57.8 Å². The Bertz CT molecular complexity index is 219. The normalized spacial score (nSPS) is 25.9. The number of carbonyl (C=O) groups is 1. The molecule has 1 saturated heterocycles. The van der Waals surface area contributed by atoms with Gasteiger partial charge in [-0.2, -0.15) is 0 Å². The summed E-state index contributed by atoms with van der Waals surface area (Å²) in [6.45, 7) is 3.18. The molecule has 104 valence electrons. The van der Waals surface area contributed by atoms with Gasteiger partial charge in [0.25, 0.3) is 0 Å². The van der Waals surface area contributed by atoms with Crippen LogP contribution in [0.3, 0.4) is 0 Å². The van der Waals surface area contributed by atoms with E-state index in [0.29, 0.717) is 0 Å². The van der Waals surface area contributed by atoms with Gasteiger partial charge in [-0.1, -0.05) is 19.3 Å². The van der Waals surface area contributed by atoms with Crippen LogP contribution in [0.15, 0.2) is 0 Å². The molecule has 1 saturated carbocycles. The molecule has 1 atom stereocenters. The Morgan fingerprint density at radius 1 is 1.06 bits per heavy atom. The molecule has 0 bridgehead atoms. The third-order valence-corrected chi connectivity index (χ3v) is 4.49. The molecule has 1 aliphatic heterocycles. The van der Waals surface area contributed by atoms with Crippen LogP contribution in [-0.2, 0) is 4.79 Å². The number of nitrogens with one attached hydrogen (secondary N) is 2. The van der Waals surface area contributed by atoms with E-state index in [1.165, 1.54) is 44.9 Å². The SMILES string of the molecule is O=C(CCC1CCCNC1)NCC1CCCCC1. The van der Waals surface area contributed by atoms with E-state index in [1.54, 1.807) is 0 Å². The Kier molecular flexibility index (Phi) is 5.98. The molecular formula is C15H28N2O. The van der Waals surface area contributed by atoms with Gasteiger partial charge in [0, 0.05) is 13.0 Å². The van der Waals surface area contributed by atoms with E-state index in [2.05, 4.69) is 10.6 Å². The quantitative estimate of drug-likeness (QED) is 0.789. The molecule has 0 aromatic heterocycles. The van der Waals surface area contributed by atoms with Gasteiger partial charge in [-0.15, -0.1) is 0 Å². The second-order valence-corrected chi connectivity index (χ2v) is 6.06. The van der Waals surface area contributed by atoms with Crippen molar-refractivity contribution in [1.29, 1.82) is 0 Å². The Morgan fingerprint density at radius 3 is 2.56 bits per heavy atom. The van der Waals surface area contributed by atoms with Crippen LogP contribution in [-0.4, -0.2) is 25.5 Å². The fraction of sp³-hybridized carbons (Fsp3) is 0.933. The smallest absolute Gasteiger partial charge is 0.220 e. The fourth-order valence-electron chi connectivity index (χ4n) is 3.24. The van der Waals surface area contributed by atoms with Gasteiger partial charge in [0.05, 0.1) is 0 Å². The maximum Gasteiger partial charge on any atom is 0.220 e. The van der Waals surface area contributed by atoms with E-state index in [1.807, 2.05) is 0 Å². The van der Waals surface area contributed by atoms with Crippen molar-refractivity contribution >= 4 is 5.91 Å². The van der Waals surface area contributed by atoms with Crippen molar-refractivity contribution in [2.24, 2.45) is 11.8 Å². The maximum absolute atomic E-state index is 11.8. The predicted molar refractivity (Wildman–Crippen MR) is 74.4 cm³/mol. The lowest BCUT2D eigenvalue weighted by atomic mass is 9.89. The van der Waals surface area contributed by atoms with Crippen molar-refractivity contribution in [3.05, 3.63) is 0 Å². The lowest BCUT2D eigenvalue weighted by molar-refractivity contribution is -0.121. The summed E-state index contributed by atoms with van der Waals surface area (Å²) in [5, 5.41) is 6.54. The highest BCUT2D eigenvalue weighted by atomic mass is 16.1. The summed E-state index contributed by atoms with van der Waals surface area (Å²) in [6, 6.07) is 0.